The number of ether oxygens (including phenoxy) is 4. The molecule has 0 spiro atoms. The van der Waals surface area contributed by atoms with Crippen LogP contribution in [0.4, 0.5) is 0 Å². The summed E-state index contributed by atoms with van der Waals surface area (Å²) in [5.74, 6) is -2.32. The zero-order chi connectivity index (χ0) is 74.6. The van der Waals surface area contributed by atoms with E-state index in [9.17, 15) is 43.2 Å². The van der Waals surface area contributed by atoms with Crippen molar-refractivity contribution in [1.29, 1.82) is 0 Å². The third-order valence-electron chi connectivity index (χ3n) is 16.4. The summed E-state index contributed by atoms with van der Waals surface area (Å²) in [6, 6.07) is 0. The molecule has 0 aromatic heterocycles. The smallest absolute Gasteiger partial charge is 0.462 e. The Hall–Kier alpha value is -4.54. The number of esters is 4. The Morgan fingerprint density at radius 1 is 0.275 bits per heavy atom. The van der Waals surface area contributed by atoms with Crippen LogP contribution in [-0.4, -0.2) is 96.7 Å². The predicted molar refractivity (Wildman–Crippen MR) is 418 cm³/mol. The minimum absolute atomic E-state index is 0.0144. The van der Waals surface area contributed by atoms with Crippen molar-refractivity contribution < 1.29 is 80.2 Å². The van der Waals surface area contributed by atoms with Crippen LogP contribution in [0.5, 0.6) is 0 Å². The van der Waals surface area contributed by atoms with E-state index in [0.717, 1.165) is 128 Å². The van der Waals surface area contributed by atoms with Crippen LogP contribution in [-0.2, 0) is 65.4 Å². The average Bonchev–Trinajstić information content (AvgIpc) is 1.01. The summed E-state index contributed by atoms with van der Waals surface area (Å²) in [7, 11) is -10.00. The number of hydrogen-bond donors (Lipinski definition) is 3. The van der Waals surface area contributed by atoms with Crippen molar-refractivity contribution in [2.75, 3.05) is 39.6 Å². The van der Waals surface area contributed by atoms with Crippen molar-refractivity contribution >= 4 is 39.5 Å². The van der Waals surface area contributed by atoms with Crippen molar-refractivity contribution in [2.45, 2.75) is 341 Å². The number of phosphoric ester groups is 2. The lowest BCUT2D eigenvalue weighted by Gasteiger charge is -2.21. The van der Waals surface area contributed by atoms with Gasteiger partial charge in [0.15, 0.2) is 12.2 Å². The quantitative estimate of drug-likeness (QED) is 0.0169. The molecule has 0 fully saturated rings. The highest BCUT2D eigenvalue weighted by atomic mass is 31.2. The number of allylic oxidation sites excluding steroid dienone is 20. The molecule has 0 radical (unpaired) electrons. The number of aliphatic hydroxyl groups excluding tert-OH is 1. The highest BCUT2D eigenvalue weighted by Gasteiger charge is 2.30. The highest BCUT2D eigenvalue weighted by Crippen LogP contribution is 2.45. The van der Waals surface area contributed by atoms with E-state index in [0.29, 0.717) is 38.5 Å². The second-order valence-electron chi connectivity index (χ2n) is 26.3. The maximum Gasteiger partial charge on any atom is 0.472 e. The van der Waals surface area contributed by atoms with Crippen LogP contribution in [0.2, 0.25) is 0 Å². The van der Waals surface area contributed by atoms with E-state index in [-0.39, 0.29) is 25.7 Å². The van der Waals surface area contributed by atoms with E-state index in [2.05, 4.69) is 125 Å². The van der Waals surface area contributed by atoms with E-state index in [1.54, 1.807) is 0 Å². The van der Waals surface area contributed by atoms with Crippen molar-refractivity contribution in [3.8, 4) is 0 Å². The molecule has 0 aliphatic heterocycles. The lowest BCUT2D eigenvalue weighted by Crippen LogP contribution is -2.30. The van der Waals surface area contributed by atoms with Gasteiger partial charge in [-0.3, -0.25) is 37.3 Å². The molecule has 0 amide bonds. The Kier molecular flexibility index (Phi) is 71.4. The molecule has 586 valence electrons. The number of carbonyl (C=O) groups is 4. The Morgan fingerprint density at radius 3 is 0.804 bits per heavy atom. The molecule has 102 heavy (non-hydrogen) atoms. The van der Waals surface area contributed by atoms with Crippen LogP contribution < -0.4 is 0 Å². The third kappa shape index (κ3) is 73.8. The molecular weight excluding hydrogens is 1330 g/mol. The molecular formula is C83H142O17P2. The first-order valence-electron chi connectivity index (χ1n) is 39.8. The van der Waals surface area contributed by atoms with Gasteiger partial charge < -0.3 is 33.8 Å². The van der Waals surface area contributed by atoms with Gasteiger partial charge in [-0.1, -0.05) is 265 Å². The van der Waals surface area contributed by atoms with Gasteiger partial charge in [-0.05, 0) is 154 Å². The molecule has 0 aromatic rings. The standard InChI is InChI=1S/C83H142O17P2/c1-5-9-13-17-21-25-29-33-36-38-41-45-49-53-57-61-65-69-82(87)99-78(73-93-80(85)67-63-59-55-51-47-43-32-28-24-20-16-12-8-4)75-97-101(89,90)95-71-77(84)72-96-102(91,92)98-76-79(74-94-81(86)68-64-60-56-52-48-44-40-35-31-27-23-19-15-11-7-3)100-83(88)70-66-62-58-54-50-46-42-39-37-34-30-26-22-18-14-10-6-2/h21-22,25-26,28,32-37,40-42,45-46,53-54,57-58,77-79,84H,5-20,23-24,27,29-31,38-39,43-44,47-52,55-56,59-76H2,1-4H3,(H,89,90)(H,91,92)/b25-21-,26-22-,32-28-,36-33-,37-34-,40-35-,45-41-,46-42-,57-53-,58-54-/t77-,78-,79-/m1/s1. The molecule has 0 saturated carbocycles. The van der Waals surface area contributed by atoms with Crippen LogP contribution >= 0.6 is 15.6 Å². The SMILES string of the molecule is CCCCC/C=C\C/C=C\C/C=C\C/C=C\CCCC(=O)O[C@H](COC(=O)CCCCCCC/C=C\CCCCCC)COP(=O)(O)OC[C@@H](O)COP(=O)(O)OC[C@@H](COC(=O)CCCCCCC/C=C\CCCCCCCC)OC(=O)CCC/C=C\C/C=C\C/C=C\C/C=C\CCCCC. The highest BCUT2D eigenvalue weighted by molar-refractivity contribution is 7.47. The van der Waals surface area contributed by atoms with Gasteiger partial charge >= 0.3 is 39.5 Å². The fourth-order valence-electron chi connectivity index (χ4n) is 10.3. The van der Waals surface area contributed by atoms with Gasteiger partial charge in [0.05, 0.1) is 26.4 Å². The molecule has 0 aliphatic carbocycles. The second kappa shape index (κ2) is 74.7. The Morgan fingerprint density at radius 2 is 0.490 bits per heavy atom. The second-order valence-corrected chi connectivity index (χ2v) is 29.2. The van der Waals surface area contributed by atoms with Crippen LogP contribution in [0.15, 0.2) is 122 Å². The Labute approximate surface area is 619 Å². The summed E-state index contributed by atoms with van der Waals surface area (Å²) >= 11 is 0. The van der Waals surface area contributed by atoms with Crippen molar-refractivity contribution in [3.05, 3.63) is 122 Å². The topological polar surface area (TPSA) is 237 Å². The molecule has 0 saturated heterocycles. The summed E-state index contributed by atoms with van der Waals surface area (Å²) < 4.78 is 68.4. The van der Waals surface area contributed by atoms with E-state index in [1.807, 2.05) is 24.3 Å². The first-order chi connectivity index (χ1) is 49.7. The number of phosphoric acid groups is 2. The maximum atomic E-state index is 13.1. The van der Waals surface area contributed by atoms with E-state index < -0.39 is 97.5 Å². The minimum atomic E-state index is -5.00. The predicted octanol–water partition coefficient (Wildman–Crippen LogP) is 23.1. The Bertz CT molecular complexity index is 2410. The van der Waals surface area contributed by atoms with Gasteiger partial charge in [0, 0.05) is 25.7 Å². The lowest BCUT2D eigenvalue weighted by atomic mass is 10.1. The average molecular weight is 1470 g/mol. The first-order valence-corrected chi connectivity index (χ1v) is 42.8. The van der Waals surface area contributed by atoms with Crippen LogP contribution in [0.25, 0.3) is 0 Å². The maximum absolute atomic E-state index is 13.1. The lowest BCUT2D eigenvalue weighted by molar-refractivity contribution is -0.161. The van der Waals surface area contributed by atoms with E-state index in [1.165, 1.54) is 103 Å². The van der Waals surface area contributed by atoms with E-state index >= 15 is 0 Å². The summed E-state index contributed by atoms with van der Waals surface area (Å²) in [6.07, 6.45) is 81.9. The summed E-state index contributed by atoms with van der Waals surface area (Å²) in [5, 5.41) is 10.6. The number of rotatable bonds is 74. The van der Waals surface area contributed by atoms with Gasteiger partial charge in [-0.25, -0.2) is 9.13 Å². The minimum Gasteiger partial charge on any atom is -0.462 e. The van der Waals surface area contributed by atoms with Gasteiger partial charge in [0.1, 0.15) is 19.3 Å². The van der Waals surface area contributed by atoms with Crippen LogP contribution in [0, 0.1) is 0 Å². The van der Waals surface area contributed by atoms with Crippen molar-refractivity contribution in [1.82, 2.24) is 0 Å². The molecule has 0 heterocycles. The molecule has 0 bridgehead atoms. The fourth-order valence-corrected chi connectivity index (χ4v) is 11.8. The number of carbonyl (C=O) groups excluding carboxylic acids is 4. The zero-order valence-corrected chi connectivity index (χ0v) is 65.8. The molecule has 0 rings (SSSR count). The zero-order valence-electron chi connectivity index (χ0n) is 64.0. The summed E-state index contributed by atoms with van der Waals surface area (Å²) in [4.78, 5) is 72.9. The first kappa shape index (κ1) is 97.5. The third-order valence-corrected chi connectivity index (χ3v) is 18.3. The molecule has 2 unspecified atom stereocenters. The molecule has 5 atom stereocenters. The number of unbranched alkanes of at least 4 members (excludes halogenated alkanes) is 28. The molecule has 17 nitrogen and oxygen atoms in total. The fraction of sp³-hybridized carbons (Fsp3) is 0.711. The number of hydrogen-bond acceptors (Lipinski definition) is 15. The molecule has 0 aromatic carbocycles. The van der Waals surface area contributed by atoms with Crippen molar-refractivity contribution in [2.24, 2.45) is 0 Å². The molecule has 3 N–H and O–H groups in total. The monoisotopic (exact) mass is 1470 g/mol. The van der Waals surface area contributed by atoms with E-state index in [4.69, 9.17) is 37.0 Å². The largest absolute Gasteiger partial charge is 0.472 e. The Balaban J connectivity index is 5.47. The normalized spacial score (nSPS) is 14.5. The van der Waals surface area contributed by atoms with Crippen LogP contribution in [0.3, 0.4) is 0 Å². The van der Waals surface area contributed by atoms with Gasteiger partial charge in [-0.15, -0.1) is 0 Å². The number of aliphatic hydroxyl groups is 1. The van der Waals surface area contributed by atoms with Gasteiger partial charge in [0.25, 0.3) is 0 Å². The molecule has 19 heteroatoms. The van der Waals surface area contributed by atoms with Crippen LogP contribution in [0.1, 0.15) is 323 Å². The molecule has 0 aliphatic rings. The van der Waals surface area contributed by atoms with Crippen molar-refractivity contribution in [3.63, 3.8) is 0 Å². The summed E-state index contributed by atoms with van der Waals surface area (Å²) in [6.45, 7) is 4.67. The van der Waals surface area contributed by atoms with Gasteiger partial charge in [0.2, 0.25) is 0 Å². The van der Waals surface area contributed by atoms with Gasteiger partial charge in [-0.2, -0.15) is 0 Å². The summed E-state index contributed by atoms with van der Waals surface area (Å²) in [5.41, 5.74) is 0.